The summed E-state index contributed by atoms with van der Waals surface area (Å²) in [5, 5.41) is 1.04. The third-order valence-electron chi connectivity index (χ3n) is 5.50. The molecule has 1 fully saturated rings. The van der Waals surface area contributed by atoms with Gasteiger partial charge in [0.2, 0.25) is 5.91 Å². The molecule has 1 saturated heterocycles. The maximum atomic E-state index is 12.7. The molecule has 3 aromatic rings. The third kappa shape index (κ3) is 4.51. The standard InChI is InChI=1S/C24H27N3O3S/c1-16-13-17(2)23-19(14-16)25-24(31-23)27-11-9-26(10-12-27)22(28)8-6-18-5-7-20(29-3)21(15-18)30-4/h5-8,13-15H,9-12H2,1-4H3. The first-order valence-electron chi connectivity index (χ1n) is 10.3. The predicted octanol–water partition coefficient (Wildman–Crippen LogP) is 4.29. The van der Waals surface area contributed by atoms with E-state index in [1.807, 2.05) is 29.2 Å². The van der Waals surface area contributed by atoms with Crippen LogP contribution in [-0.2, 0) is 4.79 Å². The summed E-state index contributed by atoms with van der Waals surface area (Å²) in [6.07, 6.45) is 3.44. The monoisotopic (exact) mass is 437 g/mol. The highest BCUT2D eigenvalue weighted by Crippen LogP contribution is 2.32. The zero-order valence-corrected chi connectivity index (χ0v) is 19.2. The van der Waals surface area contributed by atoms with E-state index in [2.05, 4.69) is 30.9 Å². The molecule has 4 rings (SSSR count). The van der Waals surface area contributed by atoms with Gasteiger partial charge in [-0.2, -0.15) is 0 Å². The van der Waals surface area contributed by atoms with Gasteiger partial charge in [0.1, 0.15) is 0 Å². The van der Waals surface area contributed by atoms with Crippen LogP contribution in [0, 0.1) is 13.8 Å². The van der Waals surface area contributed by atoms with Crippen LogP contribution in [-0.4, -0.2) is 56.2 Å². The van der Waals surface area contributed by atoms with Crippen LogP contribution in [0.5, 0.6) is 11.5 Å². The van der Waals surface area contributed by atoms with Crippen LogP contribution in [0.4, 0.5) is 5.13 Å². The molecule has 31 heavy (non-hydrogen) atoms. The lowest BCUT2D eigenvalue weighted by molar-refractivity contribution is -0.126. The van der Waals surface area contributed by atoms with Crippen LogP contribution in [0.1, 0.15) is 16.7 Å². The van der Waals surface area contributed by atoms with Crippen molar-refractivity contribution in [2.24, 2.45) is 0 Å². The second-order valence-electron chi connectivity index (χ2n) is 7.69. The minimum absolute atomic E-state index is 0.0187. The first-order chi connectivity index (χ1) is 15.0. The fourth-order valence-electron chi connectivity index (χ4n) is 3.85. The lowest BCUT2D eigenvalue weighted by atomic mass is 10.1. The Morgan fingerprint density at radius 2 is 1.77 bits per heavy atom. The summed E-state index contributed by atoms with van der Waals surface area (Å²) in [5.41, 5.74) is 4.46. The SMILES string of the molecule is COc1ccc(C=CC(=O)N2CCN(c3nc4cc(C)cc(C)c4s3)CC2)cc1OC. The average Bonchev–Trinajstić information content (AvgIpc) is 3.21. The molecule has 0 N–H and O–H groups in total. The van der Waals surface area contributed by atoms with Gasteiger partial charge in [-0.1, -0.05) is 23.5 Å². The lowest BCUT2D eigenvalue weighted by Crippen LogP contribution is -2.48. The molecule has 1 aliphatic heterocycles. The molecule has 1 aromatic heterocycles. The number of benzene rings is 2. The largest absolute Gasteiger partial charge is 0.493 e. The molecular formula is C24H27N3O3S. The van der Waals surface area contributed by atoms with E-state index in [1.165, 1.54) is 15.8 Å². The van der Waals surface area contributed by atoms with Crippen molar-refractivity contribution in [2.45, 2.75) is 13.8 Å². The highest BCUT2D eigenvalue weighted by molar-refractivity contribution is 7.22. The number of aryl methyl sites for hydroxylation is 2. The number of carbonyl (C=O) groups excluding carboxylic acids is 1. The van der Waals surface area contributed by atoms with Gasteiger partial charge in [0.15, 0.2) is 16.6 Å². The number of amides is 1. The van der Waals surface area contributed by atoms with Gasteiger partial charge in [-0.25, -0.2) is 4.98 Å². The van der Waals surface area contributed by atoms with Gasteiger partial charge in [-0.3, -0.25) is 4.79 Å². The second kappa shape index (κ2) is 8.98. The second-order valence-corrected chi connectivity index (χ2v) is 8.66. The lowest BCUT2D eigenvalue weighted by Gasteiger charge is -2.34. The van der Waals surface area contributed by atoms with Crippen LogP contribution in [0.15, 0.2) is 36.4 Å². The summed E-state index contributed by atoms with van der Waals surface area (Å²) in [6, 6.07) is 9.94. The fraction of sp³-hybridized carbons (Fsp3) is 0.333. The number of methoxy groups -OCH3 is 2. The van der Waals surface area contributed by atoms with E-state index < -0.39 is 0 Å². The predicted molar refractivity (Wildman–Crippen MR) is 126 cm³/mol. The van der Waals surface area contributed by atoms with Gasteiger partial charge in [0, 0.05) is 32.3 Å². The summed E-state index contributed by atoms with van der Waals surface area (Å²) in [4.78, 5) is 21.7. The van der Waals surface area contributed by atoms with Crippen LogP contribution < -0.4 is 14.4 Å². The van der Waals surface area contributed by atoms with Gasteiger partial charge < -0.3 is 19.3 Å². The smallest absolute Gasteiger partial charge is 0.246 e. The summed E-state index contributed by atoms with van der Waals surface area (Å²) in [5.74, 6) is 1.33. The molecule has 1 aliphatic rings. The highest BCUT2D eigenvalue weighted by atomic mass is 32.1. The Kier molecular flexibility index (Phi) is 6.13. The van der Waals surface area contributed by atoms with E-state index in [1.54, 1.807) is 31.6 Å². The topological polar surface area (TPSA) is 54.9 Å². The number of hydrogen-bond acceptors (Lipinski definition) is 6. The van der Waals surface area contributed by atoms with E-state index in [9.17, 15) is 4.79 Å². The maximum absolute atomic E-state index is 12.7. The Morgan fingerprint density at radius 3 is 2.48 bits per heavy atom. The van der Waals surface area contributed by atoms with Crippen molar-refractivity contribution < 1.29 is 14.3 Å². The van der Waals surface area contributed by atoms with Crippen molar-refractivity contribution in [1.82, 2.24) is 9.88 Å². The molecule has 0 unspecified atom stereocenters. The van der Waals surface area contributed by atoms with Crippen molar-refractivity contribution in [2.75, 3.05) is 45.3 Å². The number of hydrogen-bond donors (Lipinski definition) is 0. The van der Waals surface area contributed by atoms with Gasteiger partial charge in [-0.15, -0.1) is 0 Å². The first kappa shape index (κ1) is 21.2. The molecular weight excluding hydrogens is 410 g/mol. The highest BCUT2D eigenvalue weighted by Gasteiger charge is 2.22. The van der Waals surface area contributed by atoms with Crippen molar-refractivity contribution in [3.05, 3.63) is 53.1 Å². The molecule has 162 valence electrons. The molecule has 0 atom stereocenters. The van der Waals surface area contributed by atoms with E-state index in [-0.39, 0.29) is 5.91 Å². The molecule has 6 nitrogen and oxygen atoms in total. The summed E-state index contributed by atoms with van der Waals surface area (Å²) < 4.78 is 11.8. The van der Waals surface area contributed by atoms with Gasteiger partial charge in [-0.05, 0) is 54.8 Å². The van der Waals surface area contributed by atoms with Crippen LogP contribution in [0.2, 0.25) is 0 Å². The molecule has 0 aliphatic carbocycles. The molecule has 0 saturated carbocycles. The number of anilines is 1. The van der Waals surface area contributed by atoms with E-state index in [0.717, 1.165) is 29.3 Å². The number of nitrogens with zero attached hydrogens (tertiary/aromatic N) is 3. The average molecular weight is 438 g/mol. The maximum Gasteiger partial charge on any atom is 0.246 e. The van der Waals surface area contributed by atoms with Crippen LogP contribution in [0.25, 0.3) is 16.3 Å². The number of piperazine rings is 1. The Morgan fingerprint density at radius 1 is 1.03 bits per heavy atom. The van der Waals surface area contributed by atoms with E-state index in [4.69, 9.17) is 14.5 Å². The molecule has 0 bridgehead atoms. The number of ether oxygens (including phenoxy) is 2. The van der Waals surface area contributed by atoms with E-state index in [0.29, 0.717) is 24.6 Å². The molecule has 7 heteroatoms. The Bertz CT molecular complexity index is 1130. The van der Waals surface area contributed by atoms with Crippen molar-refractivity contribution in [3.63, 3.8) is 0 Å². The quantitative estimate of drug-likeness (QED) is 0.558. The number of carbonyl (C=O) groups is 1. The minimum atomic E-state index is 0.0187. The van der Waals surface area contributed by atoms with E-state index >= 15 is 0 Å². The normalized spacial score (nSPS) is 14.5. The summed E-state index contributed by atoms with van der Waals surface area (Å²) >= 11 is 1.74. The number of fused-ring (bicyclic) bond motifs is 1. The number of thiazole rings is 1. The van der Waals surface area contributed by atoms with Crippen LogP contribution in [0.3, 0.4) is 0 Å². The fourth-order valence-corrected chi connectivity index (χ4v) is 4.91. The number of rotatable bonds is 5. The van der Waals surface area contributed by atoms with Gasteiger partial charge in [0.25, 0.3) is 0 Å². The van der Waals surface area contributed by atoms with Crippen molar-refractivity contribution in [1.29, 1.82) is 0 Å². The summed E-state index contributed by atoms with van der Waals surface area (Å²) in [6.45, 7) is 7.18. The molecule has 0 radical (unpaired) electrons. The van der Waals surface area contributed by atoms with Gasteiger partial charge in [0.05, 0.1) is 24.4 Å². The van der Waals surface area contributed by atoms with Gasteiger partial charge >= 0.3 is 0 Å². The number of aromatic nitrogens is 1. The first-order valence-corrected chi connectivity index (χ1v) is 11.1. The third-order valence-corrected chi connectivity index (χ3v) is 6.76. The van der Waals surface area contributed by atoms with Crippen molar-refractivity contribution >= 4 is 38.7 Å². The molecule has 2 heterocycles. The zero-order valence-electron chi connectivity index (χ0n) is 18.3. The van der Waals surface area contributed by atoms with Crippen molar-refractivity contribution in [3.8, 4) is 11.5 Å². The Labute approximate surface area is 186 Å². The van der Waals surface area contributed by atoms with Crippen LogP contribution >= 0.6 is 11.3 Å². The Hall–Kier alpha value is -3.06. The summed E-state index contributed by atoms with van der Waals surface area (Å²) in [7, 11) is 3.21. The Balaban J connectivity index is 1.39. The molecule has 1 amide bonds. The minimum Gasteiger partial charge on any atom is -0.493 e. The molecule has 2 aromatic carbocycles. The molecule has 0 spiro atoms. The zero-order chi connectivity index (χ0) is 22.0.